The average Bonchev–Trinajstić information content (AvgIpc) is 3.13. The summed E-state index contributed by atoms with van der Waals surface area (Å²) in [7, 11) is -3.76. The van der Waals surface area contributed by atoms with Gasteiger partial charge in [0, 0.05) is 16.1 Å². The second kappa shape index (κ2) is 7.72. The largest absolute Gasteiger partial charge is 0.238 e. The summed E-state index contributed by atoms with van der Waals surface area (Å²) < 4.78 is 25.0. The first-order chi connectivity index (χ1) is 14.2. The van der Waals surface area contributed by atoms with Gasteiger partial charge in [-0.25, -0.2) is 18.2 Å². The molecular weight excluding hydrogens is 418 g/mol. The zero-order chi connectivity index (χ0) is 21.5. The molecule has 0 fully saturated rings. The standard InChI is InChI=1S/C23H20ClN3O2S/c1-15-4-3-5-16(2)23(15)21-14-22(17-6-8-18(24)9-7-17)27(26-21)19-10-12-20(13-11-19)30(25,28)29/h3-14H,1-2H3,(H2,25,28,29). The van der Waals surface area contributed by atoms with Gasteiger partial charge < -0.3 is 0 Å². The van der Waals surface area contributed by atoms with Crippen molar-refractivity contribution in [3.05, 3.63) is 88.9 Å². The van der Waals surface area contributed by atoms with E-state index in [9.17, 15) is 8.42 Å². The van der Waals surface area contributed by atoms with E-state index in [4.69, 9.17) is 21.8 Å². The average molecular weight is 438 g/mol. The van der Waals surface area contributed by atoms with Crippen molar-refractivity contribution in [3.63, 3.8) is 0 Å². The fourth-order valence-corrected chi connectivity index (χ4v) is 4.16. The van der Waals surface area contributed by atoms with Gasteiger partial charge in [0.2, 0.25) is 10.0 Å². The fourth-order valence-electron chi connectivity index (χ4n) is 3.52. The van der Waals surface area contributed by atoms with E-state index in [0.29, 0.717) is 5.02 Å². The second-order valence-corrected chi connectivity index (χ2v) is 9.14. The summed E-state index contributed by atoms with van der Waals surface area (Å²) in [4.78, 5) is 0.0569. The van der Waals surface area contributed by atoms with Crippen LogP contribution >= 0.6 is 11.6 Å². The van der Waals surface area contributed by atoms with E-state index in [1.54, 1.807) is 16.8 Å². The van der Waals surface area contributed by atoms with Gasteiger partial charge in [-0.05, 0) is 67.4 Å². The SMILES string of the molecule is Cc1cccc(C)c1-c1cc(-c2ccc(Cl)cc2)n(-c2ccc(S(N)(=O)=O)cc2)n1. The minimum Gasteiger partial charge on any atom is -0.232 e. The number of primary sulfonamides is 1. The molecule has 30 heavy (non-hydrogen) atoms. The van der Waals surface area contributed by atoms with Crippen molar-refractivity contribution in [1.29, 1.82) is 0 Å². The predicted molar refractivity (Wildman–Crippen MR) is 120 cm³/mol. The minimum absolute atomic E-state index is 0.0569. The van der Waals surface area contributed by atoms with Crippen LogP contribution in [0.15, 0.2) is 77.7 Å². The monoisotopic (exact) mass is 437 g/mol. The van der Waals surface area contributed by atoms with Crippen LogP contribution in [0.5, 0.6) is 0 Å². The molecular formula is C23H20ClN3O2S. The van der Waals surface area contributed by atoms with Crippen molar-refractivity contribution in [2.75, 3.05) is 0 Å². The van der Waals surface area contributed by atoms with Crippen LogP contribution in [0.1, 0.15) is 11.1 Å². The summed E-state index contributed by atoms with van der Waals surface area (Å²) >= 11 is 6.07. The number of benzene rings is 3. The normalized spacial score (nSPS) is 11.6. The Morgan fingerprint density at radius 2 is 1.50 bits per heavy atom. The van der Waals surface area contributed by atoms with E-state index < -0.39 is 10.0 Å². The lowest BCUT2D eigenvalue weighted by molar-refractivity contribution is 0.598. The van der Waals surface area contributed by atoms with E-state index in [0.717, 1.165) is 39.3 Å². The molecule has 2 N–H and O–H groups in total. The van der Waals surface area contributed by atoms with Crippen LogP contribution in [0.3, 0.4) is 0 Å². The third-order valence-corrected chi connectivity index (χ3v) is 6.18. The Labute approximate surface area is 180 Å². The highest BCUT2D eigenvalue weighted by atomic mass is 35.5. The molecule has 4 rings (SSSR count). The maximum Gasteiger partial charge on any atom is 0.238 e. The lowest BCUT2D eigenvalue weighted by Gasteiger charge is -2.09. The van der Waals surface area contributed by atoms with Crippen LogP contribution < -0.4 is 5.14 Å². The van der Waals surface area contributed by atoms with Crippen molar-refractivity contribution >= 4 is 21.6 Å². The molecule has 0 amide bonds. The summed E-state index contributed by atoms with van der Waals surface area (Å²) in [5.41, 5.74) is 6.72. The summed E-state index contributed by atoms with van der Waals surface area (Å²) in [5, 5.41) is 10.7. The van der Waals surface area contributed by atoms with Gasteiger partial charge in [-0.1, -0.05) is 41.9 Å². The van der Waals surface area contributed by atoms with Crippen molar-refractivity contribution in [2.45, 2.75) is 18.7 Å². The molecule has 0 aliphatic heterocycles. The van der Waals surface area contributed by atoms with Crippen LogP contribution in [0.4, 0.5) is 0 Å². The van der Waals surface area contributed by atoms with Gasteiger partial charge in [-0.3, -0.25) is 0 Å². The number of nitrogens with zero attached hydrogens (tertiary/aromatic N) is 2. The smallest absolute Gasteiger partial charge is 0.232 e. The molecule has 0 aliphatic carbocycles. The number of nitrogens with two attached hydrogens (primary N) is 1. The van der Waals surface area contributed by atoms with Gasteiger partial charge in [0.25, 0.3) is 0 Å². The van der Waals surface area contributed by atoms with Gasteiger partial charge >= 0.3 is 0 Å². The Balaban J connectivity index is 1.92. The van der Waals surface area contributed by atoms with Gasteiger partial charge in [0.1, 0.15) is 0 Å². The fraction of sp³-hybridized carbons (Fsp3) is 0.0870. The number of halogens is 1. The van der Waals surface area contributed by atoms with Gasteiger partial charge in [-0.15, -0.1) is 0 Å². The van der Waals surface area contributed by atoms with Crippen molar-refractivity contribution in [3.8, 4) is 28.2 Å². The molecule has 0 bridgehead atoms. The lowest BCUT2D eigenvalue weighted by Crippen LogP contribution is -2.12. The van der Waals surface area contributed by atoms with Gasteiger partial charge in [-0.2, -0.15) is 5.10 Å². The molecule has 4 aromatic rings. The first-order valence-electron chi connectivity index (χ1n) is 9.30. The van der Waals surface area contributed by atoms with Crippen molar-refractivity contribution in [1.82, 2.24) is 9.78 Å². The molecule has 0 saturated heterocycles. The highest BCUT2D eigenvalue weighted by Crippen LogP contribution is 2.32. The number of hydrogen-bond acceptors (Lipinski definition) is 3. The number of aromatic nitrogens is 2. The number of aryl methyl sites for hydroxylation is 2. The molecule has 0 spiro atoms. The molecule has 7 heteroatoms. The second-order valence-electron chi connectivity index (χ2n) is 7.14. The predicted octanol–water partition coefficient (Wildman–Crippen LogP) is 5.12. The van der Waals surface area contributed by atoms with Crippen LogP contribution in [-0.2, 0) is 10.0 Å². The lowest BCUT2D eigenvalue weighted by atomic mass is 9.99. The Hall–Kier alpha value is -2.93. The molecule has 0 saturated carbocycles. The first-order valence-corrected chi connectivity index (χ1v) is 11.2. The molecule has 0 unspecified atom stereocenters. The van der Waals surface area contributed by atoms with E-state index in [1.807, 2.05) is 36.4 Å². The van der Waals surface area contributed by atoms with E-state index >= 15 is 0 Å². The number of sulfonamides is 1. The van der Waals surface area contributed by atoms with Gasteiger partial charge in [0.05, 0.1) is 22.0 Å². The maximum atomic E-state index is 11.6. The van der Waals surface area contributed by atoms with Crippen LogP contribution in [0.25, 0.3) is 28.2 Å². The minimum atomic E-state index is -3.76. The summed E-state index contributed by atoms with van der Waals surface area (Å²) in [6.45, 7) is 4.12. The topological polar surface area (TPSA) is 78.0 Å². The van der Waals surface area contributed by atoms with E-state index in [2.05, 4.69) is 26.0 Å². The molecule has 0 atom stereocenters. The molecule has 0 radical (unpaired) electrons. The van der Waals surface area contributed by atoms with Crippen LogP contribution in [0, 0.1) is 13.8 Å². The molecule has 3 aromatic carbocycles. The molecule has 0 aliphatic rings. The molecule has 152 valence electrons. The Morgan fingerprint density at radius 1 is 0.900 bits per heavy atom. The van der Waals surface area contributed by atoms with Crippen LogP contribution in [-0.4, -0.2) is 18.2 Å². The third-order valence-electron chi connectivity index (χ3n) is 5.00. The highest BCUT2D eigenvalue weighted by molar-refractivity contribution is 7.89. The first kappa shape index (κ1) is 20.3. The maximum absolute atomic E-state index is 11.6. The van der Waals surface area contributed by atoms with E-state index in [1.165, 1.54) is 12.1 Å². The zero-order valence-electron chi connectivity index (χ0n) is 16.5. The Bertz CT molecular complexity index is 1310. The number of hydrogen-bond donors (Lipinski definition) is 1. The third kappa shape index (κ3) is 3.89. The zero-order valence-corrected chi connectivity index (χ0v) is 18.1. The van der Waals surface area contributed by atoms with Crippen LogP contribution in [0.2, 0.25) is 5.02 Å². The number of rotatable bonds is 4. The van der Waals surface area contributed by atoms with Gasteiger partial charge in [0.15, 0.2) is 0 Å². The quantitative estimate of drug-likeness (QED) is 0.481. The molecule has 1 aromatic heterocycles. The summed E-state index contributed by atoms with van der Waals surface area (Å²) in [5.74, 6) is 0. The molecule has 1 heterocycles. The highest BCUT2D eigenvalue weighted by Gasteiger charge is 2.16. The summed E-state index contributed by atoms with van der Waals surface area (Å²) in [6, 6.07) is 22.1. The molecule has 5 nitrogen and oxygen atoms in total. The van der Waals surface area contributed by atoms with Crippen molar-refractivity contribution < 1.29 is 8.42 Å². The van der Waals surface area contributed by atoms with Crippen molar-refractivity contribution in [2.24, 2.45) is 5.14 Å². The Kier molecular flexibility index (Phi) is 5.24. The van der Waals surface area contributed by atoms with E-state index in [-0.39, 0.29) is 4.90 Å². The Morgan fingerprint density at radius 3 is 2.07 bits per heavy atom. The summed E-state index contributed by atoms with van der Waals surface area (Å²) in [6.07, 6.45) is 0.